The number of halogens is 4. The summed E-state index contributed by atoms with van der Waals surface area (Å²) < 4.78 is 55.9. The summed E-state index contributed by atoms with van der Waals surface area (Å²) in [5.41, 5.74) is -1.11. The molecule has 10 nitrogen and oxygen atoms in total. The topological polar surface area (TPSA) is 123 Å². The fraction of sp³-hybridized carbons (Fsp3) is 0.613. The first-order chi connectivity index (χ1) is 20.9. The van der Waals surface area contributed by atoms with Crippen molar-refractivity contribution in [2.75, 3.05) is 26.8 Å². The Labute approximate surface area is 267 Å². The standard InChI is InChI=1S/C31H43ClF3N3O7/c1-7-15-44-28(42)36-25(20(2)45-29(3,4)5)26(40)37-30(17-21-9-11-23(32)12-10-21)13-8-14-38(19-30)27(41)22(16-24(39)43-6)18-31(33,34)35/h7,9-12,20,22,25H,1,8,13-19H2,2-6H3,(H,36,42)(H,37,40)/t20-,22-,25-,30+/m0/s1. The molecular weight excluding hydrogens is 619 g/mol. The molecule has 252 valence electrons. The fourth-order valence-electron chi connectivity index (χ4n) is 5.34. The van der Waals surface area contributed by atoms with Gasteiger partial charge >= 0.3 is 18.2 Å². The lowest BCUT2D eigenvalue weighted by atomic mass is 9.82. The summed E-state index contributed by atoms with van der Waals surface area (Å²) in [6, 6.07) is 5.57. The van der Waals surface area contributed by atoms with Crippen LogP contribution in [0.1, 0.15) is 58.9 Å². The van der Waals surface area contributed by atoms with E-state index in [4.69, 9.17) is 21.1 Å². The predicted octanol–water partition coefficient (Wildman–Crippen LogP) is 4.98. The Kier molecular flexibility index (Phi) is 13.7. The number of rotatable bonds is 13. The molecule has 4 atom stereocenters. The summed E-state index contributed by atoms with van der Waals surface area (Å²) in [5.74, 6) is -4.17. The molecule has 1 aliphatic rings. The number of carbonyl (C=O) groups is 4. The number of nitrogens with zero attached hydrogens (tertiary/aromatic N) is 1. The number of ether oxygens (including phenoxy) is 3. The highest BCUT2D eigenvalue weighted by molar-refractivity contribution is 6.30. The largest absolute Gasteiger partial charge is 0.469 e. The van der Waals surface area contributed by atoms with Gasteiger partial charge in [-0.05, 0) is 64.7 Å². The van der Waals surface area contributed by atoms with Gasteiger partial charge in [0.2, 0.25) is 11.8 Å². The highest BCUT2D eigenvalue weighted by Gasteiger charge is 2.44. The molecule has 1 saturated heterocycles. The zero-order valence-electron chi connectivity index (χ0n) is 26.3. The van der Waals surface area contributed by atoms with Crippen LogP contribution in [0, 0.1) is 5.92 Å². The lowest BCUT2D eigenvalue weighted by Crippen LogP contribution is -2.65. The van der Waals surface area contributed by atoms with Crippen LogP contribution in [-0.2, 0) is 35.0 Å². The van der Waals surface area contributed by atoms with E-state index < -0.39 is 72.1 Å². The third-order valence-electron chi connectivity index (χ3n) is 7.10. The van der Waals surface area contributed by atoms with E-state index in [1.165, 1.54) is 11.0 Å². The molecule has 0 radical (unpaired) electrons. The van der Waals surface area contributed by atoms with E-state index in [1.54, 1.807) is 52.0 Å². The third kappa shape index (κ3) is 12.9. The van der Waals surface area contributed by atoms with Gasteiger partial charge in [-0.1, -0.05) is 36.4 Å². The molecule has 1 aliphatic heterocycles. The average Bonchev–Trinajstić information content (AvgIpc) is 2.93. The van der Waals surface area contributed by atoms with Crippen molar-refractivity contribution in [3.8, 4) is 0 Å². The van der Waals surface area contributed by atoms with Gasteiger partial charge in [-0.15, -0.1) is 0 Å². The van der Waals surface area contributed by atoms with Gasteiger partial charge in [0, 0.05) is 18.1 Å². The predicted molar refractivity (Wildman–Crippen MR) is 161 cm³/mol. The molecule has 1 aromatic carbocycles. The molecule has 2 N–H and O–H groups in total. The van der Waals surface area contributed by atoms with Gasteiger partial charge in [0.15, 0.2) is 0 Å². The molecule has 3 amide bonds. The Morgan fingerprint density at radius 1 is 1.16 bits per heavy atom. The Balaban J connectivity index is 2.47. The SMILES string of the molecule is C=CCOC(=O)N[C@H](C(=O)N[C@@]1(Cc2ccc(Cl)cc2)CCCN(C(=O)[C@@H](CC(=O)OC)CC(F)(F)F)C1)[C@H](C)OC(C)(C)C. The summed E-state index contributed by atoms with van der Waals surface area (Å²) in [6.07, 6.45) is -6.44. The van der Waals surface area contributed by atoms with Crippen LogP contribution >= 0.6 is 11.6 Å². The van der Waals surface area contributed by atoms with Crippen LogP contribution in [0.4, 0.5) is 18.0 Å². The van der Waals surface area contributed by atoms with Gasteiger partial charge < -0.3 is 29.7 Å². The van der Waals surface area contributed by atoms with E-state index in [2.05, 4.69) is 21.9 Å². The van der Waals surface area contributed by atoms with Gasteiger partial charge in [-0.2, -0.15) is 13.2 Å². The minimum atomic E-state index is -4.71. The quantitative estimate of drug-likeness (QED) is 0.226. The number of methoxy groups -OCH3 is 1. The van der Waals surface area contributed by atoms with Crippen LogP contribution in [0.15, 0.2) is 36.9 Å². The maximum atomic E-state index is 14.0. The van der Waals surface area contributed by atoms with Crippen molar-refractivity contribution in [1.82, 2.24) is 15.5 Å². The molecule has 0 bridgehead atoms. The van der Waals surface area contributed by atoms with Gasteiger partial charge in [0.05, 0.1) is 43.1 Å². The number of esters is 1. The molecule has 0 saturated carbocycles. The molecule has 1 fully saturated rings. The molecule has 2 rings (SSSR count). The average molecular weight is 662 g/mol. The number of hydrogen-bond donors (Lipinski definition) is 2. The first-order valence-corrected chi connectivity index (χ1v) is 15.0. The van der Waals surface area contributed by atoms with Crippen molar-refractivity contribution in [1.29, 1.82) is 0 Å². The van der Waals surface area contributed by atoms with E-state index in [9.17, 15) is 32.3 Å². The monoisotopic (exact) mass is 661 g/mol. The highest BCUT2D eigenvalue weighted by Crippen LogP contribution is 2.32. The van der Waals surface area contributed by atoms with E-state index >= 15 is 0 Å². The van der Waals surface area contributed by atoms with Gasteiger partial charge in [0.25, 0.3) is 0 Å². The molecule has 45 heavy (non-hydrogen) atoms. The summed E-state index contributed by atoms with van der Waals surface area (Å²) in [4.78, 5) is 53.2. The van der Waals surface area contributed by atoms with Crippen molar-refractivity contribution in [3.05, 3.63) is 47.5 Å². The van der Waals surface area contributed by atoms with Crippen molar-refractivity contribution in [2.24, 2.45) is 5.92 Å². The zero-order chi connectivity index (χ0) is 34.0. The van der Waals surface area contributed by atoms with Gasteiger partial charge in [0.1, 0.15) is 12.6 Å². The number of benzene rings is 1. The van der Waals surface area contributed by atoms with Crippen molar-refractivity contribution in [2.45, 2.75) is 89.3 Å². The molecule has 0 spiro atoms. The number of likely N-dealkylation sites (tertiary alicyclic amines) is 1. The number of piperidine rings is 1. The molecule has 1 heterocycles. The van der Waals surface area contributed by atoms with Gasteiger partial charge in [-0.25, -0.2) is 4.79 Å². The number of nitrogens with one attached hydrogen (secondary N) is 2. The van der Waals surface area contributed by atoms with Gasteiger partial charge in [-0.3, -0.25) is 14.4 Å². The van der Waals surface area contributed by atoms with Crippen LogP contribution < -0.4 is 10.6 Å². The summed E-state index contributed by atoms with van der Waals surface area (Å²) in [7, 11) is 1.03. The zero-order valence-corrected chi connectivity index (χ0v) is 27.1. The second-order valence-electron chi connectivity index (χ2n) is 12.2. The number of alkyl carbamates (subject to hydrolysis) is 1. The molecule has 14 heteroatoms. The second-order valence-corrected chi connectivity index (χ2v) is 12.6. The first kappa shape index (κ1) is 37.9. The molecule has 0 aliphatic carbocycles. The van der Waals surface area contributed by atoms with Crippen LogP contribution in [0.2, 0.25) is 5.02 Å². The van der Waals surface area contributed by atoms with Crippen LogP contribution in [-0.4, -0.2) is 85.0 Å². The van der Waals surface area contributed by atoms with Crippen LogP contribution in [0.25, 0.3) is 0 Å². The Bertz CT molecular complexity index is 1190. The van der Waals surface area contributed by atoms with E-state index in [1.807, 2.05) is 0 Å². The van der Waals surface area contributed by atoms with Crippen LogP contribution in [0.3, 0.4) is 0 Å². The number of amides is 3. The second kappa shape index (κ2) is 16.3. The number of carbonyl (C=O) groups excluding carboxylic acids is 4. The summed E-state index contributed by atoms with van der Waals surface area (Å²) in [5, 5.41) is 6.01. The number of alkyl halides is 3. The Morgan fingerprint density at radius 2 is 1.80 bits per heavy atom. The number of hydrogen-bond acceptors (Lipinski definition) is 7. The maximum absolute atomic E-state index is 14.0. The minimum Gasteiger partial charge on any atom is -0.469 e. The lowest BCUT2D eigenvalue weighted by molar-refractivity contribution is -0.165. The molecular formula is C31H43ClF3N3O7. The van der Waals surface area contributed by atoms with Crippen LogP contribution in [0.5, 0.6) is 0 Å². The van der Waals surface area contributed by atoms with E-state index in [-0.39, 0.29) is 26.1 Å². The Morgan fingerprint density at radius 3 is 2.36 bits per heavy atom. The molecule has 0 aromatic heterocycles. The smallest absolute Gasteiger partial charge is 0.408 e. The van der Waals surface area contributed by atoms with Crippen molar-refractivity contribution in [3.63, 3.8) is 0 Å². The van der Waals surface area contributed by atoms with Crippen molar-refractivity contribution < 1.29 is 46.6 Å². The highest BCUT2D eigenvalue weighted by atomic mass is 35.5. The van der Waals surface area contributed by atoms with Crippen molar-refractivity contribution >= 4 is 35.5 Å². The molecule has 0 unspecified atom stereocenters. The third-order valence-corrected chi connectivity index (χ3v) is 7.35. The normalized spacial score (nSPS) is 19.1. The Hall–Kier alpha value is -3.32. The first-order valence-electron chi connectivity index (χ1n) is 14.6. The lowest BCUT2D eigenvalue weighted by Gasteiger charge is -2.45. The van der Waals surface area contributed by atoms with E-state index in [0.717, 1.165) is 12.7 Å². The van der Waals surface area contributed by atoms with E-state index in [0.29, 0.717) is 17.9 Å². The maximum Gasteiger partial charge on any atom is 0.408 e. The summed E-state index contributed by atoms with van der Waals surface area (Å²) in [6.45, 7) is 10.3. The fourth-order valence-corrected chi connectivity index (χ4v) is 5.46. The molecule has 1 aromatic rings. The summed E-state index contributed by atoms with van der Waals surface area (Å²) >= 11 is 6.07. The minimum absolute atomic E-state index is 0.100.